The second-order valence-corrected chi connectivity index (χ2v) is 6.21. The van der Waals surface area contributed by atoms with Crippen molar-refractivity contribution in [2.75, 3.05) is 6.61 Å². The molecule has 5 heteroatoms. The van der Waals surface area contributed by atoms with Gasteiger partial charge in [0.25, 0.3) is 0 Å². The first kappa shape index (κ1) is 15.7. The number of hydrogen-bond donors (Lipinski definition) is 0. The Morgan fingerprint density at radius 2 is 2.05 bits per heavy atom. The van der Waals surface area contributed by atoms with E-state index in [2.05, 4.69) is 28.0 Å². The van der Waals surface area contributed by atoms with Crippen molar-refractivity contribution in [2.45, 2.75) is 58.0 Å². The van der Waals surface area contributed by atoms with Crippen LogP contribution >= 0.6 is 15.9 Å². The van der Waals surface area contributed by atoms with Crippen molar-refractivity contribution < 1.29 is 9.53 Å². The average molecular weight is 343 g/mol. The smallest absolute Gasteiger partial charge is 0.170 e. The van der Waals surface area contributed by atoms with Crippen molar-refractivity contribution >= 4 is 21.7 Å². The number of Topliss-reactive ketones (excluding diaryl/α,β-unsaturated/α-hetero) is 1. The molecule has 1 saturated carbocycles. The molecule has 0 aliphatic heterocycles. The molecule has 4 nitrogen and oxygen atoms in total. The van der Waals surface area contributed by atoms with Crippen LogP contribution in [0.3, 0.4) is 0 Å². The monoisotopic (exact) mass is 342 g/mol. The lowest BCUT2D eigenvalue weighted by molar-refractivity contribution is -0.143. The number of aromatic nitrogens is 2. The number of carbonyl (C=O) groups is 1. The molecule has 0 atom stereocenters. The Morgan fingerprint density at radius 1 is 1.40 bits per heavy atom. The number of ether oxygens (including phenoxy) is 1. The van der Waals surface area contributed by atoms with Gasteiger partial charge in [-0.05, 0) is 55.0 Å². The Bertz CT molecular complexity index is 490. The van der Waals surface area contributed by atoms with E-state index in [0.717, 1.165) is 48.0 Å². The number of ketones is 1. The van der Waals surface area contributed by atoms with Crippen LogP contribution in [-0.4, -0.2) is 27.8 Å². The highest BCUT2D eigenvalue weighted by Crippen LogP contribution is 2.35. The van der Waals surface area contributed by atoms with Gasteiger partial charge < -0.3 is 4.74 Å². The molecule has 1 aliphatic carbocycles. The Balaban J connectivity index is 2.20. The van der Waals surface area contributed by atoms with Gasteiger partial charge in [-0.1, -0.05) is 6.92 Å². The van der Waals surface area contributed by atoms with Crippen LogP contribution in [0.4, 0.5) is 0 Å². The molecule has 0 bridgehead atoms. The zero-order valence-electron chi connectivity index (χ0n) is 12.5. The van der Waals surface area contributed by atoms with Crippen LogP contribution in [0.25, 0.3) is 0 Å². The fraction of sp³-hybridized carbons (Fsp3) is 0.733. The van der Waals surface area contributed by atoms with Crippen molar-refractivity contribution in [1.82, 2.24) is 9.78 Å². The molecule has 1 aromatic heterocycles. The fourth-order valence-electron chi connectivity index (χ4n) is 3.05. The van der Waals surface area contributed by atoms with Crippen LogP contribution in [0.5, 0.6) is 0 Å². The maximum atomic E-state index is 12.7. The second kappa shape index (κ2) is 6.39. The molecule has 1 fully saturated rings. The first-order valence-corrected chi connectivity index (χ1v) is 8.21. The minimum Gasteiger partial charge on any atom is -0.367 e. The van der Waals surface area contributed by atoms with E-state index >= 15 is 0 Å². The maximum Gasteiger partial charge on any atom is 0.170 e. The van der Waals surface area contributed by atoms with Gasteiger partial charge in [0.1, 0.15) is 5.60 Å². The summed E-state index contributed by atoms with van der Waals surface area (Å²) in [6.45, 7) is 4.62. The normalized spacial score (nSPS) is 17.6. The predicted molar refractivity (Wildman–Crippen MR) is 81.8 cm³/mol. The lowest BCUT2D eigenvalue weighted by Gasteiger charge is -2.27. The first-order valence-electron chi connectivity index (χ1n) is 7.41. The van der Waals surface area contributed by atoms with Crippen LogP contribution in [0.1, 0.15) is 50.9 Å². The largest absolute Gasteiger partial charge is 0.367 e. The van der Waals surface area contributed by atoms with Crippen molar-refractivity contribution in [3.05, 3.63) is 15.9 Å². The van der Waals surface area contributed by atoms with Crippen molar-refractivity contribution in [2.24, 2.45) is 7.05 Å². The van der Waals surface area contributed by atoms with E-state index in [-0.39, 0.29) is 5.78 Å². The standard InChI is InChI=1S/C15H23BrN2O2/c1-4-11-14(16)12(18(3)17-11)10-13(19)15(20-5-2)8-6-7-9-15/h4-10H2,1-3H3. The topological polar surface area (TPSA) is 44.1 Å². The Kier molecular flexibility index (Phi) is 5.02. The zero-order chi connectivity index (χ0) is 14.8. The van der Waals surface area contributed by atoms with Crippen molar-refractivity contribution in [3.63, 3.8) is 0 Å². The molecule has 0 N–H and O–H groups in total. The highest BCUT2D eigenvalue weighted by molar-refractivity contribution is 9.10. The number of aryl methyl sites for hydroxylation is 2. The molecule has 0 unspecified atom stereocenters. The van der Waals surface area contributed by atoms with Crippen molar-refractivity contribution in [3.8, 4) is 0 Å². The highest BCUT2D eigenvalue weighted by Gasteiger charge is 2.41. The molecule has 2 rings (SSSR count). The molecular weight excluding hydrogens is 320 g/mol. The summed E-state index contributed by atoms with van der Waals surface area (Å²) < 4.78 is 8.63. The van der Waals surface area contributed by atoms with E-state index in [1.807, 2.05) is 18.7 Å². The van der Waals surface area contributed by atoms with Gasteiger partial charge in [0.2, 0.25) is 0 Å². The van der Waals surface area contributed by atoms with E-state index in [1.165, 1.54) is 0 Å². The molecule has 0 aromatic carbocycles. The molecule has 20 heavy (non-hydrogen) atoms. The van der Waals surface area contributed by atoms with Crippen LogP contribution in [0, 0.1) is 0 Å². The third-order valence-electron chi connectivity index (χ3n) is 4.17. The van der Waals surface area contributed by atoms with E-state index in [1.54, 1.807) is 0 Å². The fourth-order valence-corrected chi connectivity index (χ4v) is 3.81. The van der Waals surface area contributed by atoms with Gasteiger partial charge in [-0.15, -0.1) is 0 Å². The summed E-state index contributed by atoms with van der Waals surface area (Å²) in [5.41, 5.74) is 1.41. The zero-order valence-corrected chi connectivity index (χ0v) is 14.1. The van der Waals surface area contributed by atoms with Gasteiger partial charge in [0.15, 0.2) is 5.78 Å². The number of rotatable bonds is 6. The Hall–Kier alpha value is -0.680. The van der Waals surface area contributed by atoms with E-state index in [4.69, 9.17) is 4.74 Å². The summed E-state index contributed by atoms with van der Waals surface area (Å²) in [6, 6.07) is 0. The number of hydrogen-bond acceptors (Lipinski definition) is 3. The maximum absolute atomic E-state index is 12.7. The summed E-state index contributed by atoms with van der Waals surface area (Å²) in [5.74, 6) is 0.197. The number of nitrogens with zero attached hydrogens (tertiary/aromatic N) is 2. The minimum absolute atomic E-state index is 0.197. The SMILES string of the molecule is CCOC1(C(=O)Cc2c(Br)c(CC)nn2C)CCCC1. The molecule has 0 amide bonds. The van der Waals surface area contributed by atoms with Crippen LogP contribution in [-0.2, 0) is 29.4 Å². The first-order chi connectivity index (χ1) is 9.54. The van der Waals surface area contributed by atoms with Gasteiger partial charge in [0.05, 0.1) is 22.3 Å². The molecule has 0 spiro atoms. The number of carbonyl (C=O) groups excluding carboxylic acids is 1. The van der Waals surface area contributed by atoms with Gasteiger partial charge >= 0.3 is 0 Å². The molecule has 1 aliphatic rings. The highest BCUT2D eigenvalue weighted by atomic mass is 79.9. The summed E-state index contributed by atoms with van der Waals surface area (Å²) in [6.07, 6.45) is 5.13. The summed E-state index contributed by atoms with van der Waals surface area (Å²) >= 11 is 3.58. The van der Waals surface area contributed by atoms with Crippen molar-refractivity contribution in [1.29, 1.82) is 0 Å². The van der Waals surface area contributed by atoms with E-state index in [0.29, 0.717) is 13.0 Å². The molecule has 0 radical (unpaired) electrons. The summed E-state index contributed by atoms with van der Waals surface area (Å²) in [5, 5.41) is 4.45. The molecular formula is C15H23BrN2O2. The third kappa shape index (κ3) is 2.84. The summed E-state index contributed by atoms with van der Waals surface area (Å²) in [4.78, 5) is 12.7. The average Bonchev–Trinajstić information content (AvgIpc) is 3.00. The lowest BCUT2D eigenvalue weighted by atomic mass is 9.92. The molecule has 1 heterocycles. The molecule has 1 aromatic rings. The van der Waals surface area contributed by atoms with Gasteiger partial charge in [0, 0.05) is 13.7 Å². The summed E-state index contributed by atoms with van der Waals surface area (Å²) in [7, 11) is 1.90. The Morgan fingerprint density at radius 3 is 2.55 bits per heavy atom. The Labute approximate surface area is 129 Å². The van der Waals surface area contributed by atoms with Gasteiger partial charge in [-0.3, -0.25) is 9.48 Å². The quantitative estimate of drug-likeness (QED) is 0.797. The minimum atomic E-state index is -0.551. The van der Waals surface area contributed by atoms with Gasteiger partial charge in [-0.2, -0.15) is 5.10 Å². The van der Waals surface area contributed by atoms with E-state index in [9.17, 15) is 4.79 Å². The van der Waals surface area contributed by atoms with Crippen LogP contribution in [0.2, 0.25) is 0 Å². The third-order valence-corrected chi connectivity index (χ3v) is 5.09. The predicted octanol–water partition coefficient (Wildman–Crippen LogP) is 3.21. The second-order valence-electron chi connectivity index (χ2n) is 5.42. The van der Waals surface area contributed by atoms with E-state index < -0.39 is 5.60 Å². The van der Waals surface area contributed by atoms with Crippen LogP contribution in [0.15, 0.2) is 4.47 Å². The number of halogens is 1. The lowest BCUT2D eigenvalue weighted by Crippen LogP contribution is -2.40. The van der Waals surface area contributed by atoms with Gasteiger partial charge in [-0.25, -0.2) is 0 Å². The molecule has 0 saturated heterocycles. The van der Waals surface area contributed by atoms with Crippen LogP contribution < -0.4 is 0 Å². The molecule has 112 valence electrons.